The molecule has 33 heavy (non-hydrogen) atoms. The minimum absolute atomic E-state index is 0.0577. The van der Waals surface area contributed by atoms with E-state index in [1.807, 2.05) is 24.3 Å². The fourth-order valence-electron chi connectivity index (χ4n) is 4.72. The first-order valence-corrected chi connectivity index (χ1v) is 12.2. The molecule has 2 aliphatic carbocycles. The lowest BCUT2D eigenvalue weighted by Crippen LogP contribution is -2.49. The second-order valence-corrected chi connectivity index (χ2v) is 10.2. The summed E-state index contributed by atoms with van der Waals surface area (Å²) in [5, 5.41) is 10.4. The molecule has 1 saturated carbocycles. The maximum atomic E-state index is 13.1. The molecule has 3 aromatic rings. The van der Waals surface area contributed by atoms with Crippen LogP contribution in [-0.2, 0) is 28.8 Å². The van der Waals surface area contributed by atoms with E-state index in [2.05, 4.69) is 4.72 Å². The van der Waals surface area contributed by atoms with E-state index in [0.717, 1.165) is 11.1 Å². The quantitative estimate of drug-likeness (QED) is 0.330. The average molecular weight is 503 g/mol. The number of halogens is 2. The summed E-state index contributed by atoms with van der Waals surface area (Å²) in [5.41, 5.74) is 3.69. The van der Waals surface area contributed by atoms with Crippen LogP contribution < -0.4 is 14.9 Å². The molecule has 1 amide bonds. The zero-order valence-electron chi connectivity index (χ0n) is 17.3. The molecule has 0 bridgehead atoms. The van der Waals surface area contributed by atoms with Gasteiger partial charge >= 0.3 is 0 Å². The third kappa shape index (κ3) is 3.94. The number of amides is 1. The normalized spacial score (nSPS) is 23.4. The van der Waals surface area contributed by atoms with E-state index in [9.17, 15) is 14.2 Å². The van der Waals surface area contributed by atoms with Crippen molar-refractivity contribution in [1.29, 1.82) is 0 Å². The van der Waals surface area contributed by atoms with Crippen molar-refractivity contribution >= 4 is 40.1 Å². The van der Waals surface area contributed by atoms with Gasteiger partial charge in [0.05, 0.1) is 4.90 Å². The Labute approximate surface area is 203 Å². The number of fused-ring (bicyclic) bond motifs is 3. The maximum Gasteiger partial charge on any atom is 0.265 e. The Hall–Kier alpha value is -2.42. The second kappa shape index (κ2) is 8.74. The number of hydrogen-bond donors (Lipinski definition) is 3. The molecule has 4 atom stereocenters. The Morgan fingerprint density at radius 3 is 2.61 bits per heavy atom. The molecule has 2 aliphatic rings. The van der Waals surface area contributed by atoms with Crippen LogP contribution in [0.4, 0.5) is 0 Å². The number of ether oxygens (including phenoxy) is 1. The molecule has 9 heteroatoms. The fourth-order valence-corrected chi connectivity index (χ4v) is 6.36. The Balaban J connectivity index is 1.28. The van der Waals surface area contributed by atoms with Crippen molar-refractivity contribution in [2.45, 2.75) is 29.4 Å². The van der Waals surface area contributed by atoms with E-state index >= 15 is 0 Å². The van der Waals surface area contributed by atoms with Gasteiger partial charge in [0.15, 0.2) is 0 Å². The highest BCUT2D eigenvalue weighted by molar-refractivity contribution is 7.83. The average Bonchev–Trinajstić information content (AvgIpc) is 3.25. The van der Waals surface area contributed by atoms with Gasteiger partial charge in [-0.15, -0.1) is 0 Å². The highest BCUT2D eigenvalue weighted by atomic mass is 35.5. The van der Waals surface area contributed by atoms with Gasteiger partial charge in [0.2, 0.25) is 0 Å². The summed E-state index contributed by atoms with van der Waals surface area (Å²) in [7, 11) is -1.67. The number of nitrogens with one attached hydrogen (secondary N) is 2. The topological polar surface area (TPSA) is 87.7 Å². The van der Waals surface area contributed by atoms with Gasteiger partial charge < -0.3 is 4.74 Å². The molecule has 170 valence electrons. The van der Waals surface area contributed by atoms with Crippen LogP contribution in [0.2, 0.25) is 10.0 Å². The van der Waals surface area contributed by atoms with Crippen molar-refractivity contribution in [1.82, 2.24) is 10.2 Å². The molecule has 0 heterocycles. The van der Waals surface area contributed by atoms with Crippen LogP contribution in [0.3, 0.4) is 0 Å². The molecule has 3 aromatic carbocycles. The number of hydrogen-bond acceptors (Lipinski definition) is 4. The van der Waals surface area contributed by atoms with Crippen LogP contribution in [0.1, 0.15) is 22.6 Å². The largest absolute Gasteiger partial charge is 0.489 e. The maximum absolute atomic E-state index is 13.1. The van der Waals surface area contributed by atoms with Crippen LogP contribution >= 0.6 is 23.2 Å². The third-order valence-corrected chi connectivity index (χ3v) is 8.20. The summed E-state index contributed by atoms with van der Waals surface area (Å²) < 4.78 is 21.9. The van der Waals surface area contributed by atoms with Crippen LogP contribution in [0, 0.1) is 5.92 Å². The van der Waals surface area contributed by atoms with E-state index in [1.165, 1.54) is 5.56 Å². The molecule has 3 N–H and O–H groups in total. The first-order valence-electron chi connectivity index (χ1n) is 10.3. The Morgan fingerprint density at radius 1 is 1.12 bits per heavy atom. The van der Waals surface area contributed by atoms with E-state index in [1.54, 1.807) is 47.9 Å². The lowest BCUT2D eigenvalue weighted by molar-refractivity contribution is -0.132. The summed E-state index contributed by atoms with van der Waals surface area (Å²) in [6, 6.07) is 19.9. The highest BCUT2D eigenvalue weighted by Crippen LogP contribution is 2.64. The molecular weight excluding hydrogens is 483 g/mol. The lowest BCUT2D eigenvalue weighted by atomic mass is 9.98. The van der Waals surface area contributed by atoms with Gasteiger partial charge in [-0.3, -0.25) is 10.0 Å². The first-order chi connectivity index (χ1) is 15.9. The predicted molar refractivity (Wildman–Crippen MR) is 126 cm³/mol. The predicted octanol–water partition coefficient (Wildman–Crippen LogP) is 4.40. The molecular formula is C24H20Cl2N2O4S. The molecule has 0 saturated heterocycles. The molecule has 1 fully saturated rings. The number of hydroxylamine groups is 1. The fraction of sp³-hybridized carbons (Fsp3) is 0.208. The zero-order chi connectivity index (χ0) is 23.2. The van der Waals surface area contributed by atoms with Gasteiger partial charge in [-0.05, 0) is 53.9 Å². The van der Waals surface area contributed by atoms with E-state index in [4.69, 9.17) is 27.9 Å². The summed E-state index contributed by atoms with van der Waals surface area (Å²) in [5.74, 6) is -0.170. The summed E-state index contributed by atoms with van der Waals surface area (Å²) in [6.07, 6.45) is 0.693. The molecule has 0 aliphatic heterocycles. The lowest BCUT2D eigenvalue weighted by Gasteiger charge is -2.21. The number of carbonyl (C=O) groups is 1. The van der Waals surface area contributed by atoms with Crippen LogP contribution in [-0.4, -0.2) is 20.9 Å². The molecule has 5 rings (SSSR count). The van der Waals surface area contributed by atoms with Gasteiger partial charge in [0.25, 0.3) is 5.91 Å². The van der Waals surface area contributed by atoms with Gasteiger partial charge in [-0.1, -0.05) is 53.5 Å². The minimum Gasteiger partial charge on any atom is -0.489 e. The molecule has 0 aromatic heterocycles. The molecule has 6 nitrogen and oxygen atoms in total. The van der Waals surface area contributed by atoms with Crippen molar-refractivity contribution < 1.29 is 18.9 Å². The van der Waals surface area contributed by atoms with Crippen LogP contribution in [0.5, 0.6) is 5.75 Å². The molecule has 0 spiro atoms. The van der Waals surface area contributed by atoms with Crippen molar-refractivity contribution in [3.05, 3.63) is 93.5 Å². The van der Waals surface area contributed by atoms with Gasteiger partial charge in [0.1, 0.15) is 28.9 Å². The van der Waals surface area contributed by atoms with Crippen molar-refractivity contribution in [3.63, 3.8) is 0 Å². The molecule has 4 unspecified atom stereocenters. The zero-order valence-corrected chi connectivity index (χ0v) is 19.6. The van der Waals surface area contributed by atoms with Crippen LogP contribution in [0.25, 0.3) is 0 Å². The number of carbonyl (C=O) groups excluding carboxylic acids is 1. The monoisotopic (exact) mass is 502 g/mol. The van der Waals surface area contributed by atoms with Gasteiger partial charge in [-0.2, -0.15) is 0 Å². The second-order valence-electron chi connectivity index (χ2n) is 8.16. The first kappa shape index (κ1) is 22.4. The van der Waals surface area contributed by atoms with E-state index in [-0.39, 0.29) is 18.4 Å². The number of rotatable bonds is 7. The summed E-state index contributed by atoms with van der Waals surface area (Å²) in [4.78, 5) is 13.1. The van der Waals surface area contributed by atoms with E-state index in [0.29, 0.717) is 27.1 Å². The number of benzene rings is 3. The Kier molecular flexibility index (Phi) is 5.93. The Bertz CT molecular complexity index is 1250. The third-order valence-electron chi connectivity index (χ3n) is 6.38. The summed E-state index contributed by atoms with van der Waals surface area (Å²) in [6.45, 7) is 0.263. The standard InChI is InChI=1S/C24H20Cl2N2O4S/c25-16-6-5-15(21(26)12-16)13-32-17-7-9-18(10-8-17)33(31)28-24(23(29)27-30)20-11-14-3-1-2-4-19(14)22(20)24/h1-10,12,20,22,28,30H,11,13H2,(H,27,29). The van der Waals surface area contributed by atoms with Crippen LogP contribution in [0.15, 0.2) is 71.6 Å². The smallest absolute Gasteiger partial charge is 0.265 e. The minimum atomic E-state index is -1.67. The SMILES string of the molecule is O=C(NO)C1(NS(=O)c2ccc(OCc3ccc(Cl)cc3Cl)cc2)C2Cc3ccccc3C21. The van der Waals surface area contributed by atoms with E-state index < -0.39 is 22.4 Å². The van der Waals surface area contributed by atoms with Gasteiger partial charge in [-0.25, -0.2) is 14.4 Å². The molecule has 0 radical (unpaired) electrons. The highest BCUT2D eigenvalue weighted by Gasteiger charge is 2.73. The summed E-state index contributed by atoms with van der Waals surface area (Å²) >= 11 is 12.1. The van der Waals surface area contributed by atoms with Crippen molar-refractivity contribution in [2.24, 2.45) is 5.92 Å². The Morgan fingerprint density at radius 2 is 1.88 bits per heavy atom. The van der Waals surface area contributed by atoms with Crippen molar-refractivity contribution in [2.75, 3.05) is 0 Å². The van der Waals surface area contributed by atoms with Crippen molar-refractivity contribution in [3.8, 4) is 5.75 Å². The van der Waals surface area contributed by atoms with Gasteiger partial charge in [0, 0.05) is 27.4 Å².